The average Bonchev–Trinajstić information content (AvgIpc) is 2.81. The average molecular weight is 319 g/mol. The molecule has 1 fully saturated rings. The smallest absolute Gasteiger partial charge is 0.225 e. The van der Waals surface area contributed by atoms with Crippen molar-refractivity contribution in [2.24, 2.45) is 5.73 Å². The number of hydrogen-bond acceptors (Lipinski definition) is 4. The minimum Gasteiger partial charge on any atom is -0.391 e. The first-order valence-electron chi connectivity index (χ1n) is 8.61. The summed E-state index contributed by atoms with van der Waals surface area (Å²) in [5.74, 6) is 0.0223. The topological polar surface area (TPSA) is 69.8 Å². The largest absolute Gasteiger partial charge is 0.391 e. The molecule has 0 spiro atoms. The Kier molecular flexibility index (Phi) is 7.52. The van der Waals surface area contributed by atoms with Gasteiger partial charge in [0.15, 0.2) is 0 Å². The molecule has 1 saturated heterocycles. The fraction of sp³-hybridized carbons (Fsp3) is 0.611. The molecule has 1 aromatic carbocycles. The normalized spacial score (nSPS) is 17.7. The summed E-state index contributed by atoms with van der Waals surface area (Å²) in [4.78, 5) is 16.4. The van der Waals surface area contributed by atoms with E-state index in [0.717, 1.165) is 52.0 Å². The molecule has 1 heterocycles. The number of carbonyl (C=O) groups excluding carboxylic acids is 1. The van der Waals surface area contributed by atoms with Gasteiger partial charge in [-0.1, -0.05) is 30.3 Å². The van der Waals surface area contributed by atoms with Crippen LogP contribution in [0.1, 0.15) is 24.8 Å². The Bertz CT molecular complexity index is 467. The zero-order valence-electron chi connectivity index (χ0n) is 13.9. The van der Waals surface area contributed by atoms with Gasteiger partial charge in [0.2, 0.25) is 5.91 Å². The lowest BCUT2D eigenvalue weighted by Gasteiger charge is -2.23. The zero-order valence-corrected chi connectivity index (χ0v) is 13.9. The maximum Gasteiger partial charge on any atom is 0.225 e. The van der Waals surface area contributed by atoms with E-state index in [4.69, 9.17) is 5.73 Å². The van der Waals surface area contributed by atoms with Gasteiger partial charge in [-0.05, 0) is 37.9 Å². The van der Waals surface area contributed by atoms with E-state index in [9.17, 15) is 9.90 Å². The molecule has 1 aliphatic rings. The fourth-order valence-electron chi connectivity index (χ4n) is 3.01. The molecule has 1 aliphatic heterocycles. The van der Waals surface area contributed by atoms with E-state index in [1.807, 2.05) is 11.0 Å². The Morgan fingerprint density at radius 3 is 2.70 bits per heavy atom. The lowest BCUT2D eigenvalue weighted by Crippen LogP contribution is -2.38. The molecule has 5 heteroatoms. The highest BCUT2D eigenvalue weighted by Gasteiger charge is 2.20. The molecule has 0 aliphatic carbocycles. The third-order valence-corrected chi connectivity index (χ3v) is 4.41. The van der Waals surface area contributed by atoms with Crippen LogP contribution in [0.25, 0.3) is 0 Å². The van der Waals surface area contributed by atoms with Crippen LogP contribution >= 0.6 is 0 Å². The number of nitrogens with zero attached hydrogens (tertiary/aromatic N) is 2. The third kappa shape index (κ3) is 6.29. The summed E-state index contributed by atoms with van der Waals surface area (Å²) in [6.07, 6.45) is 2.67. The van der Waals surface area contributed by atoms with Crippen molar-refractivity contribution in [3.05, 3.63) is 35.9 Å². The quantitative estimate of drug-likeness (QED) is 0.782. The van der Waals surface area contributed by atoms with Crippen LogP contribution < -0.4 is 5.73 Å². The van der Waals surface area contributed by atoms with Crippen LogP contribution in [0.15, 0.2) is 30.3 Å². The van der Waals surface area contributed by atoms with Crippen molar-refractivity contribution in [2.75, 3.05) is 39.3 Å². The first-order valence-corrected chi connectivity index (χ1v) is 8.61. The molecule has 0 bridgehead atoms. The van der Waals surface area contributed by atoms with Gasteiger partial charge in [-0.25, -0.2) is 0 Å². The van der Waals surface area contributed by atoms with Gasteiger partial charge in [0.25, 0.3) is 0 Å². The second-order valence-corrected chi connectivity index (χ2v) is 6.26. The van der Waals surface area contributed by atoms with E-state index < -0.39 is 6.10 Å². The molecule has 5 nitrogen and oxygen atoms in total. The maximum absolute atomic E-state index is 12.1. The van der Waals surface area contributed by atoms with Gasteiger partial charge in [-0.3, -0.25) is 4.79 Å². The predicted octanol–water partition coefficient (Wildman–Crippen LogP) is 0.863. The van der Waals surface area contributed by atoms with Crippen LogP contribution in [0.5, 0.6) is 0 Å². The number of nitrogens with two attached hydrogens (primary N) is 1. The molecular formula is C18H29N3O2. The van der Waals surface area contributed by atoms with Gasteiger partial charge in [-0.15, -0.1) is 0 Å². The van der Waals surface area contributed by atoms with Gasteiger partial charge in [0, 0.05) is 26.2 Å². The summed E-state index contributed by atoms with van der Waals surface area (Å²) in [6, 6.07) is 10.6. The van der Waals surface area contributed by atoms with Crippen LogP contribution in [-0.2, 0) is 11.2 Å². The van der Waals surface area contributed by atoms with Crippen LogP contribution in [0, 0.1) is 0 Å². The minimum absolute atomic E-state index is 0.0223. The number of hydrogen-bond donors (Lipinski definition) is 2. The van der Waals surface area contributed by atoms with E-state index in [0.29, 0.717) is 0 Å². The van der Waals surface area contributed by atoms with E-state index in [-0.39, 0.29) is 18.9 Å². The Morgan fingerprint density at radius 2 is 1.96 bits per heavy atom. The summed E-state index contributed by atoms with van der Waals surface area (Å²) in [5, 5.41) is 9.52. The molecule has 0 saturated carbocycles. The van der Waals surface area contributed by atoms with Crippen molar-refractivity contribution in [3.8, 4) is 0 Å². The van der Waals surface area contributed by atoms with Crippen LogP contribution in [-0.4, -0.2) is 66.2 Å². The highest BCUT2D eigenvalue weighted by atomic mass is 16.3. The molecule has 128 valence electrons. The number of amides is 1. The van der Waals surface area contributed by atoms with Crippen molar-refractivity contribution in [2.45, 2.75) is 31.8 Å². The molecule has 1 aromatic rings. The van der Waals surface area contributed by atoms with Gasteiger partial charge < -0.3 is 20.6 Å². The molecule has 1 amide bonds. The lowest BCUT2D eigenvalue weighted by atomic mass is 10.1. The Morgan fingerprint density at radius 1 is 1.17 bits per heavy atom. The molecule has 23 heavy (non-hydrogen) atoms. The third-order valence-electron chi connectivity index (χ3n) is 4.41. The van der Waals surface area contributed by atoms with Crippen LogP contribution in [0.2, 0.25) is 0 Å². The Balaban J connectivity index is 1.70. The highest BCUT2D eigenvalue weighted by Crippen LogP contribution is 2.08. The van der Waals surface area contributed by atoms with Crippen molar-refractivity contribution in [1.82, 2.24) is 9.80 Å². The molecule has 2 rings (SSSR count). The number of benzene rings is 1. The Labute approximate surface area is 139 Å². The summed E-state index contributed by atoms with van der Waals surface area (Å²) in [5.41, 5.74) is 6.76. The predicted molar refractivity (Wildman–Crippen MR) is 92.1 cm³/mol. The van der Waals surface area contributed by atoms with Gasteiger partial charge in [0.05, 0.1) is 12.5 Å². The number of carbonyl (C=O) groups is 1. The summed E-state index contributed by atoms with van der Waals surface area (Å²) in [6.45, 7) is 4.71. The molecule has 0 aromatic heterocycles. The zero-order chi connectivity index (χ0) is 16.5. The standard InChI is InChI=1S/C18H29N3O2/c19-15-17(22)14-18(23)21-11-5-10-20(12-13-21)9-4-8-16-6-2-1-3-7-16/h1-3,6-7,17,22H,4-5,8-15,19H2. The monoisotopic (exact) mass is 319 g/mol. The second-order valence-electron chi connectivity index (χ2n) is 6.26. The van der Waals surface area contributed by atoms with E-state index in [2.05, 4.69) is 29.2 Å². The highest BCUT2D eigenvalue weighted by molar-refractivity contribution is 5.76. The summed E-state index contributed by atoms with van der Waals surface area (Å²) in [7, 11) is 0. The fourth-order valence-corrected chi connectivity index (χ4v) is 3.01. The van der Waals surface area contributed by atoms with E-state index >= 15 is 0 Å². The molecule has 0 radical (unpaired) electrons. The minimum atomic E-state index is -0.715. The van der Waals surface area contributed by atoms with Crippen molar-refractivity contribution in [1.29, 1.82) is 0 Å². The van der Waals surface area contributed by atoms with E-state index in [1.54, 1.807) is 0 Å². The number of aliphatic hydroxyl groups excluding tert-OH is 1. The van der Waals surface area contributed by atoms with Crippen LogP contribution in [0.3, 0.4) is 0 Å². The number of rotatable bonds is 7. The lowest BCUT2D eigenvalue weighted by molar-refractivity contribution is -0.133. The molecular weight excluding hydrogens is 290 g/mol. The van der Waals surface area contributed by atoms with Crippen molar-refractivity contribution in [3.63, 3.8) is 0 Å². The summed E-state index contributed by atoms with van der Waals surface area (Å²) < 4.78 is 0. The van der Waals surface area contributed by atoms with Crippen LogP contribution in [0.4, 0.5) is 0 Å². The van der Waals surface area contributed by atoms with E-state index in [1.165, 1.54) is 5.56 Å². The first-order chi connectivity index (χ1) is 11.2. The molecule has 1 atom stereocenters. The number of aryl methyl sites for hydroxylation is 1. The van der Waals surface area contributed by atoms with Gasteiger partial charge in [-0.2, -0.15) is 0 Å². The number of aliphatic hydroxyl groups is 1. The Hall–Kier alpha value is -1.43. The van der Waals surface area contributed by atoms with Crippen molar-refractivity contribution < 1.29 is 9.90 Å². The summed E-state index contributed by atoms with van der Waals surface area (Å²) >= 11 is 0. The molecule has 3 N–H and O–H groups in total. The SMILES string of the molecule is NCC(O)CC(=O)N1CCCN(CCCc2ccccc2)CC1. The first kappa shape index (κ1) is 17.9. The van der Waals surface area contributed by atoms with Crippen molar-refractivity contribution >= 4 is 5.91 Å². The maximum atomic E-state index is 12.1. The van der Waals surface area contributed by atoms with Gasteiger partial charge in [0.1, 0.15) is 0 Å². The molecule has 1 unspecified atom stereocenters. The second kappa shape index (κ2) is 9.65. The van der Waals surface area contributed by atoms with Gasteiger partial charge >= 0.3 is 0 Å².